The number of nitrogens with zero attached hydrogens (tertiary/aromatic N) is 1. The Morgan fingerprint density at radius 3 is 2.48 bits per heavy atom. The topological polar surface area (TPSA) is 70.6 Å². The number of hydrazone groups is 1. The van der Waals surface area contributed by atoms with Crippen LogP contribution in [0.1, 0.15) is 5.56 Å². The predicted octanol–water partition coefficient (Wildman–Crippen LogP) is 3.44. The number of benzene rings is 2. The minimum atomic E-state index is -1.02. The van der Waals surface area contributed by atoms with E-state index in [-0.39, 0.29) is 5.69 Å². The standard InChI is InChI=1S/C15H10Br2FN3O2/c16-10-3-1-2-9(6-10)8-19-21-15(23)14(22)20-13-5-4-11(17)7-12(13)18/h1-8H,(H,20,22)(H,21,23). The lowest BCUT2D eigenvalue weighted by Crippen LogP contribution is -2.32. The van der Waals surface area contributed by atoms with Crippen LogP contribution in [0.5, 0.6) is 0 Å². The lowest BCUT2D eigenvalue weighted by Gasteiger charge is -2.05. The molecule has 0 saturated heterocycles. The zero-order valence-electron chi connectivity index (χ0n) is 11.5. The molecule has 118 valence electrons. The fraction of sp³-hybridized carbons (Fsp3) is 0. The van der Waals surface area contributed by atoms with Crippen molar-refractivity contribution >= 4 is 55.6 Å². The van der Waals surface area contributed by atoms with Crippen LogP contribution in [0, 0.1) is 5.82 Å². The van der Waals surface area contributed by atoms with Gasteiger partial charge in [0.2, 0.25) is 0 Å². The Labute approximate surface area is 148 Å². The van der Waals surface area contributed by atoms with Gasteiger partial charge in [-0.3, -0.25) is 9.59 Å². The number of anilines is 1. The van der Waals surface area contributed by atoms with Crippen molar-refractivity contribution in [1.82, 2.24) is 5.43 Å². The molecule has 2 amide bonds. The Morgan fingerprint density at radius 2 is 1.78 bits per heavy atom. The van der Waals surface area contributed by atoms with Crippen LogP contribution in [-0.4, -0.2) is 18.0 Å². The van der Waals surface area contributed by atoms with Gasteiger partial charge >= 0.3 is 11.8 Å². The van der Waals surface area contributed by atoms with E-state index in [0.717, 1.165) is 10.0 Å². The lowest BCUT2D eigenvalue weighted by atomic mass is 10.2. The summed E-state index contributed by atoms with van der Waals surface area (Å²) in [5, 5.41) is 5.84. The average Bonchev–Trinajstić information content (AvgIpc) is 2.50. The number of carbonyl (C=O) groups is 2. The second kappa shape index (κ2) is 7.98. The Balaban J connectivity index is 1.93. The van der Waals surface area contributed by atoms with Crippen LogP contribution >= 0.6 is 31.9 Å². The first-order chi connectivity index (χ1) is 11.0. The number of hydrogen-bond donors (Lipinski definition) is 2. The molecule has 2 rings (SSSR count). The summed E-state index contributed by atoms with van der Waals surface area (Å²) in [5.74, 6) is -2.67. The van der Waals surface area contributed by atoms with Crippen molar-refractivity contribution < 1.29 is 14.0 Å². The molecule has 0 bridgehead atoms. The van der Waals surface area contributed by atoms with Gasteiger partial charge in [0.25, 0.3) is 0 Å². The summed E-state index contributed by atoms with van der Waals surface area (Å²) >= 11 is 6.40. The van der Waals surface area contributed by atoms with E-state index in [1.54, 1.807) is 24.3 Å². The highest BCUT2D eigenvalue weighted by Crippen LogP contribution is 2.19. The first-order valence-electron chi connectivity index (χ1n) is 6.31. The maximum absolute atomic E-state index is 13.6. The largest absolute Gasteiger partial charge is 0.329 e. The van der Waals surface area contributed by atoms with Gasteiger partial charge in [-0.25, -0.2) is 9.82 Å². The lowest BCUT2D eigenvalue weighted by molar-refractivity contribution is -0.136. The minimum Gasteiger partial charge on any atom is -0.315 e. The van der Waals surface area contributed by atoms with E-state index in [4.69, 9.17) is 0 Å². The molecule has 23 heavy (non-hydrogen) atoms. The van der Waals surface area contributed by atoms with Crippen molar-refractivity contribution in [2.45, 2.75) is 0 Å². The number of nitrogens with one attached hydrogen (secondary N) is 2. The SMILES string of the molecule is O=C(NN=Cc1cccc(Br)c1)C(=O)Nc1ccc(Br)cc1F. The molecule has 0 radical (unpaired) electrons. The van der Waals surface area contributed by atoms with Gasteiger partial charge in [-0.1, -0.05) is 44.0 Å². The maximum atomic E-state index is 13.6. The fourth-order valence-corrected chi connectivity index (χ4v) is 2.32. The molecular formula is C15H10Br2FN3O2. The molecule has 0 heterocycles. The average molecular weight is 443 g/mol. The van der Waals surface area contributed by atoms with Gasteiger partial charge in [0.1, 0.15) is 5.82 Å². The Hall–Kier alpha value is -2.06. The van der Waals surface area contributed by atoms with Crippen molar-refractivity contribution in [2.75, 3.05) is 5.32 Å². The van der Waals surface area contributed by atoms with Crippen molar-refractivity contribution in [3.63, 3.8) is 0 Å². The normalized spacial score (nSPS) is 10.6. The van der Waals surface area contributed by atoms with Crippen LogP contribution in [-0.2, 0) is 9.59 Å². The molecule has 2 aromatic rings. The van der Waals surface area contributed by atoms with Gasteiger partial charge in [-0.2, -0.15) is 5.10 Å². The Kier molecular flexibility index (Phi) is 6.00. The van der Waals surface area contributed by atoms with Gasteiger partial charge in [-0.15, -0.1) is 0 Å². The van der Waals surface area contributed by atoms with E-state index < -0.39 is 17.6 Å². The van der Waals surface area contributed by atoms with Crippen LogP contribution in [0.4, 0.5) is 10.1 Å². The second-order valence-corrected chi connectivity index (χ2v) is 6.16. The van der Waals surface area contributed by atoms with Gasteiger partial charge in [0.15, 0.2) is 0 Å². The number of amides is 2. The number of hydrogen-bond acceptors (Lipinski definition) is 3. The van der Waals surface area contributed by atoms with Crippen molar-refractivity contribution in [2.24, 2.45) is 5.10 Å². The summed E-state index contributed by atoms with van der Waals surface area (Å²) in [6, 6.07) is 11.3. The van der Waals surface area contributed by atoms with E-state index in [0.29, 0.717) is 4.47 Å². The minimum absolute atomic E-state index is 0.0932. The molecule has 8 heteroatoms. The summed E-state index contributed by atoms with van der Waals surface area (Å²) in [6.45, 7) is 0. The fourth-order valence-electron chi connectivity index (χ4n) is 1.57. The quantitative estimate of drug-likeness (QED) is 0.434. The summed E-state index contributed by atoms with van der Waals surface area (Å²) in [4.78, 5) is 23.3. The summed E-state index contributed by atoms with van der Waals surface area (Å²) in [7, 11) is 0. The van der Waals surface area contributed by atoms with Crippen molar-refractivity contribution in [1.29, 1.82) is 0 Å². The molecule has 0 aromatic heterocycles. The van der Waals surface area contributed by atoms with Gasteiger partial charge in [-0.05, 0) is 35.9 Å². The first kappa shape index (κ1) is 17.3. The molecule has 0 fully saturated rings. The predicted molar refractivity (Wildman–Crippen MR) is 92.6 cm³/mol. The van der Waals surface area contributed by atoms with Gasteiger partial charge < -0.3 is 5.32 Å². The van der Waals surface area contributed by atoms with Gasteiger partial charge in [0, 0.05) is 8.95 Å². The third kappa shape index (κ3) is 5.26. The highest BCUT2D eigenvalue weighted by atomic mass is 79.9. The number of halogens is 3. The smallest absolute Gasteiger partial charge is 0.315 e. The monoisotopic (exact) mass is 441 g/mol. The molecule has 0 unspecified atom stereocenters. The third-order valence-corrected chi connectivity index (χ3v) is 3.60. The summed E-state index contributed by atoms with van der Waals surface area (Å²) in [5.41, 5.74) is 2.71. The molecule has 0 atom stereocenters. The molecule has 0 aliphatic rings. The molecule has 0 aliphatic carbocycles. The van der Waals surface area contributed by atoms with E-state index in [1.807, 2.05) is 6.07 Å². The Morgan fingerprint density at radius 1 is 1.04 bits per heavy atom. The Bertz CT molecular complexity index is 781. The molecule has 2 N–H and O–H groups in total. The van der Waals surface area contributed by atoms with E-state index in [2.05, 4.69) is 47.7 Å². The zero-order valence-corrected chi connectivity index (χ0v) is 14.7. The molecular weight excluding hydrogens is 433 g/mol. The van der Waals surface area contributed by atoms with Crippen LogP contribution in [0.3, 0.4) is 0 Å². The van der Waals surface area contributed by atoms with E-state index in [9.17, 15) is 14.0 Å². The molecule has 0 saturated carbocycles. The summed E-state index contributed by atoms with van der Waals surface area (Å²) < 4.78 is 15.0. The number of rotatable bonds is 3. The van der Waals surface area contributed by atoms with Crippen molar-refractivity contribution in [3.05, 3.63) is 62.8 Å². The van der Waals surface area contributed by atoms with Crippen LogP contribution in [0.15, 0.2) is 56.5 Å². The van der Waals surface area contributed by atoms with Gasteiger partial charge in [0.05, 0.1) is 11.9 Å². The van der Waals surface area contributed by atoms with E-state index in [1.165, 1.54) is 18.3 Å². The third-order valence-electron chi connectivity index (χ3n) is 2.61. The number of carbonyl (C=O) groups excluding carboxylic acids is 2. The molecule has 2 aromatic carbocycles. The molecule has 0 aliphatic heterocycles. The van der Waals surface area contributed by atoms with Crippen LogP contribution in [0.25, 0.3) is 0 Å². The van der Waals surface area contributed by atoms with E-state index >= 15 is 0 Å². The molecule has 5 nitrogen and oxygen atoms in total. The first-order valence-corrected chi connectivity index (χ1v) is 7.89. The van der Waals surface area contributed by atoms with Crippen LogP contribution < -0.4 is 10.7 Å². The highest BCUT2D eigenvalue weighted by molar-refractivity contribution is 9.10. The van der Waals surface area contributed by atoms with Crippen molar-refractivity contribution in [3.8, 4) is 0 Å². The second-order valence-electron chi connectivity index (χ2n) is 4.33. The molecule has 0 spiro atoms. The highest BCUT2D eigenvalue weighted by Gasteiger charge is 2.15. The zero-order chi connectivity index (χ0) is 16.8. The summed E-state index contributed by atoms with van der Waals surface area (Å²) in [6.07, 6.45) is 1.39. The maximum Gasteiger partial charge on any atom is 0.329 e. The van der Waals surface area contributed by atoms with Crippen LogP contribution in [0.2, 0.25) is 0 Å².